The van der Waals surface area contributed by atoms with Gasteiger partial charge in [-0.05, 0) is 98.7 Å². The average Bonchev–Trinajstić information content (AvgIpc) is 3.01. The highest BCUT2D eigenvalue weighted by Gasteiger charge is 2.55. The van der Waals surface area contributed by atoms with Gasteiger partial charge in [0, 0.05) is 0 Å². The van der Waals surface area contributed by atoms with Crippen molar-refractivity contribution in [2.75, 3.05) is 0 Å². The lowest BCUT2D eigenvalue weighted by Crippen LogP contribution is -2.47. The number of benzene rings is 1. The van der Waals surface area contributed by atoms with Crippen LogP contribution in [-0.4, -0.2) is 16.9 Å². The summed E-state index contributed by atoms with van der Waals surface area (Å²) >= 11 is 0. The van der Waals surface area contributed by atoms with Crippen molar-refractivity contribution in [3.05, 3.63) is 42.0 Å². The molecule has 3 fully saturated rings. The Bertz CT molecular complexity index is 755. The molecule has 0 saturated heterocycles. The Hall–Kier alpha value is -1.61. The van der Waals surface area contributed by atoms with E-state index in [1.807, 2.05) is 30.3 Å². The van der Waals surface area contributed by atoms with E-state index >= 15 is 0 Å². The van der Waals surface area contributed by atoms with E-state index in [-0.39, 0.29) is 11.5 Å². The monoisotopic (exact) mass is 365 g/mol. The van der Waals surface area contributed by atoms with Gasteiger partial charge in [-0.15, -0.1) is 0 Å². The molecule has 144 valence electrons. The summed E-state index contributed by atoms with van der Waals surface area (Å²) in [6.45, 7) is 2.36. The van der Waals surface area contributed by atoms with Gasteiger partial charge >= 0.3 is 0 Å². The van der Waals surface area contributed by atoms with E-state index in [2.05, 4.69) is 18.2 Å². The third kappa shape index (κ3) is 2.95. The van der Waals surface area contributed by atoms with Crippen molar-refractivity contribution in [1.82, 2.24) is 0 Å². The second-order valence-corrected chi connectivity index (χ2v) is 9.46. The molecule has 1 aromatic carbocycles. The summed E-state index contributed by atoms with van der Waals surface area (Å²) in [6, 6.07) is 9.84. The quantitative estimate of drug-likeness (QED) is 0.717. The average molecular weight is 366 g/mol. The van der Waals surface area contributed by atoms with E-state index in [1.165, 1.54) is 38.5 Å². The van der Waals surface area contributed by atoms with Crippen molar-refractivity contribution in [1.29, 1.82) is 0 Å². The normalized spacial score (nSPS) is 42.1. The summed E-state index contributed by atoms with van der Waals surface area (Å²) in [5, 5.41) is 15.0. The molecule has 5 rings (SSSR count). The minimum atomic E-state index is -0.0689. The van der Waals surface area contributed by atoms with Gasteiger partial charge in [0.2, 0.25) is 0 Å². The fourth-order valence-corrected chi connectivity index (χ4v) is 6.83. The minimum absolute atomic E-state index is 0.0689. The zero-order chi connectivity index (χ0) is 18.4. The number of hydrogen-bond acceptors (Lipinski definition) is 3. The van der Waals surface area contributed by atoms with Crippen LogP contribution in [-0.2, 0) is 0 Å². The number of para-hydroxylation sites is 1. The first-order valence-electron chi connectivity index (χ1n) is 10.8. The summed E-state index contributed by atoms with van der Waals surface area (Å²) in [7, 11) is 0. The minimum Gasteiger partial charge on any atom is -0.393 e. The van der Waals surface area contributed by atoms with Gasteiger partial charge in [-0.2, -0.15) is 0 Å². The van der Waals surface area contributed by atoms with Crippen LogP contribution in [0, 0.1) is 29.1 Å². The predicted molar refractivity (Wildman–Crippen MR) is 108 cm³/mol. The number of aliphatic hydroxyl groups is 1. The highest BCUT2D eigenvalue weighted by atomic mass is 16.6. The van der Waals surface area contributed by atoms with Gasteiger partial charge in [-0.25, -0.2) is 0 Å². The molecule has 4 aliphatic rings. The molecule has 0 spiro atoms. The first kappa shape index (κ1) is 17.5. The Morgan fingerprint density at radius 1 is 1.00 bits per heavy atom. The van der Waals surface area contributed by atoms with Crippen LogP contribution in [0.3, 0.4) is 0 Å². The van der Waals surface area contributed by atoms with Gasteiger partial charge < -0.3 is 9.94 Å². The molecule has 0 aliphatic heterocycles. The van der Waals surface area contributed by atoms with Crippen LogP contribution in [0.4, 0.5) is 0 Å². The molecule has 3 nitrogen and oxygen atoms in total. The Labute approximate surface area is 162 Å². The fraction of sp³-hybridized carbons (Fsp3) is 0.625. The number of nitrogens with zero attached hydrogens (tertiary/aromatic N) is 1. The van der Waals surface area contributed by atoms with Crippen LogP contribution in [0.2, 0.25) is 0 Å². The maximum atomic E-state index is 10.6. The molecule has 0 radical (unpaired) electrons. The van der Waals surface area contributed by atoms with E-state index in [4.69, 9.17) is 4.84 Å². The second-order valence-electron chi connectivity index (χ2n) is 9.46. The molecule has 1 N–H and O–H groups in total. The number of fused-ring (bicyclic) bond motifs is 5. The van der Waals surface area contributed by atoms with E-state index < -0.39 is 0 Å². The number of oxime groups is 1. The van der Waals surface area contributed by atoms with Crippen LogP contribution in [0.1, 0.15) is 58.3 Å². The van der Waals surface area contributed by atoms with Gasteiger partial charge in [0.1, 0.15) is 0 Å². The van der Waals surface area contributed by atoms with Crippen molar-refractivity contribution in [2.24, 2.45) is 34.2 Å². The van der Waals surface area contributed by atoms with E-state index in [0.717, 1.165) is 48.0 Å². The van der Waals surface area contributed by atoms with Crippen LogP contribution in [0.25, 0.3) is 0 Å². The SMILES string of the molecule is C[C@]12CC[C@H]3[C@@H](CCC4=C/C(=N/Oc5ccccc5)CC[C@@H]43)[C@@H]1CC[C@@H]2O. The smallest absolute Gasteiger partial charge is 0.157 e. The molecule has 3 heteroatoms. The third-order valence-electron chi connectivity index (χ3n) is 8.28. The Morgan fingerprint density at radius 3 is 2.70 bits per heavy atom. The van der Waals surface area contributed by atoms with Crippen molar-refractivity contribution in [3.8, 4) is 5.75 Å². The lowest BCUT2D eigenvalue weighted by Gasteiger charge is -2.53. The summed E-state index contributed by atoms with van der Waals surface area (Å²) in [4.78, 5) is 5.63. The molecule has 6 atom stereocenters. The Kier molecular flexibility index (Phi) is 4.39. The molecule has 1 aromatic rings. The lowest BCUT2D eigenvalue weighted by molar-refractivity contribution is -0.0526. The summed E-state index contributed by atoms with van der Waals surface area (Å²) in [5.74, 6) is 3.93. The highest BCUT2D eigenvalue weighted by Crippen LogP contribution is 2.61. The maximum Gasteiger partial charge on any atom is 0.157 e. The molecule has 0 amide bonds. The highest BCUT2D eigenvalue weighted by molar-refractivity contribution is 5.96. The number of allylic oxidation sites excluding steroid dienone is 2. The molecule has 0 aromatic heterocycles. The van der Waals surface area contributed by atoms with Crippen LogP contribution in [0.15, 0.2) is 47.1 Å². The Balaban J connectivity index is 1.32. The van der Waals surface area contributed by atoms with Gasteiger partial charge in [-0.3, -0.25) is 0 Å². The predicted octanol–water partition coefficient (Wildman–Crippen LogP) is 5.36. The Morgan fingerprint density at radius 2 is 1.85 bits per heavy atom. The first-order chi connectivity index (χ1) is 13.1. The molecule has 0 unspecified atom stereocenters. The van der Waals surface area contributed by atoms with E-state index in [1.54, 1.807) is 5.57 Å². The zero-order valence-electron chi connectivity index (χ0n) is 16.3. The largest absolute Gasteiger partial charge is 0.393 e. The molecule has 27 heavy (non-hydrogen) atoms. The second kappa shape index (κ2) is 6.77. The standard InChI is InChI=1S/C24H31NO2/c1-24-14-13-20-19-10-8-17(25-27-18-5-3-2-4-6-18)15-16(19)7-9-21(20)22(24)11-12-23(24)26/h2-6,15,19-23,26H,7-14H2,1H3/b25-17+/t19-,20+,21+,22-,23-,24-/m0/s1. The van der Waals surface area contributed by atoms with Crippen molar-refractivity contribution < 1.29 is 9.94 Å². The first-order valence-corrected chi connectivity index (χ1v) is 10.8. The fourth-order valence-electron chi connectivity index (χ4n) is 6.83. The van der Waals surface area contributed by atoms with Gasteiger partial charge in [0.15, 0.2) is 5.75 Å². The number of rotatable bonds is 2. The molecular weight excluding hydrogens is 334 g/mol. The van der Waals surface area contributed by atoms with E-state index in [9.17, 15) is 5.11 Å². The van der Waals surface area contributed by atoms with Crippen molar-refractivity contribution in [3.63, 3.8) is 0 Å². The van der Waals surface area contributed by atoms with E-state index in [0.29, 0.717) is 0 Å². The molecule has 0 bridgehead atoms. The molecule has 0 heterocycles. The maximum absolute atomic E-state index is 10.6. The molecule has 4 aliphatic carbocycles. The lowest BCUT2D eigenvalue weighted by atomic mass is 9.52. The molecular formula is C24H31NO2. The summed E-state index contributed by atoms with van der Waals surface area (Å²) in [6.07, 6.45) is 11.8. The third-order valence-corrected chi connectivity index (χ3v) is 8.28. The summed E-state index contributed by atoms with van der Waals surface area (Å²) in [5.41, 5.74) is 2.90. The zero-order valence-corrected chi connectivity index (χ0v) is 16.3. The van der Waals surface area contributed by atoms with Crippen molar-refractivity contribution in [2.45, 2.75) is 64.4 Å². The van der Waals surface area contributed by atoms with Gasteiger partial charge in [-0.1, -0.05) is 35.9 Å². The number of aliphatic hydroxyl groups excluding tert-OH is 1. The van der Waals surface area contributed by atoms with Gasteiger partial charge in [0.05, 0.1) is 11.8 Å². The summed E-state index contributed by atoms with van der Waals surface area (Å²) < 4.78 is 0. The van der Waals surface area contributed by atoms with Crippen LogP contribution >= 0.6 is 0 Å². The number of hydrogen-bond donors (Lipinski definition) is 1. The van der Waals surface area contributed by atoms with Gasteiger partial charge in [0.25, 0.3) is 0 Å². The molecule has 3 saturated carbocycles. The van der Waals surface area contributed by atoms with Crippen molar-refractivity contribution >= 4 is 5.71 Å². The topological polar surface area (TPSA) is 41.8 Å². The van der Waals surface area contributed by atoms with Crippen LogP contribution < -0.4 is 4.84 Å². The van der Waals surface area contributed by atoms with Crippen LogP contribution in [0.5, 0.6) is 5.75 Å².